The number of piperidine rings is 1. The lowest BCUT2D eigenvalue weighted by molar-refractivity contribution is -0.147. The van der Waals surface area contributed by atoms with Crippen LogP contribution in [0.15, 0.2) is 47.7 Å². The number of nitrogens with one attached hydrogen (secondary N) is 2. The zero-order chi connectivity index (χ0) is 20.5. The first-order valence-corrected chi connectivity index (χ1v) is 10.1. The van der Waals surface area contributed by atoms with Gasteiger partial charge in [-0.05, 0) is 43.5 Å². The van der Waals surface area contributed by atoms with Crippen molar-refractivity contribution in [1.82, 2.24) is 25.3 Å². The van der Waals surface area contributed by atoms with Crippen LogP contribution in [-0.4, -0.2) is 58.6 Å². The van der Waals surface area contributed by atoms with Crippen molar-refractivity contribution in [3.8, 4) is 5.69 Å². The summed E-state index contributed by atoms with van der Waals surface area (Å²) in [6, 6.07) is 10.2. The molecule has 0 saturated carbocycles. The first-order chi connectivity index (χ1) is 14.2. The molecule has 1 aliphatic heterocycles. The minimum Gasteiger partial charge on any atom is -0.357 e. The van der Waals surface area contributed by atoms with Gasteiger partial charge in [-0.3, -0.25) is 19.5 Å². The number of amides is 2. The molecule has 2 N–H and O–H groups in total. The number of rotatable bonds is 8. The highest BCUT2D eigenvalue weighted by Gasteiger charge is 2.25. The van der Waals surface area contributed by atoms with Gasteiger partial charge in [-0.2, -0.15) is 5.10 Å². The fourth-order valence-electron chi connectivity index (χ4n) is 3.21. The zero-order valence-electron chi connectivity index (χ0n) is 16.8. The van der Waals surface area contributed by atoms with E-state index < -0.39 is 0 Å². The maximum atomic E-state index is 11.9. The van der Waals surface area contributed by atoms with E-state index in [4.69, 9.17) is 0 Å². The third kappa shape index (κ3) is 5.91. The highest BCUT2D eigenvalue weighted by molar-refractivity contribution is 5.97. The van der Waals surface area contributed by atoms with E-state index in [0.717, 1.165) is 18.7 Å². The van der Waals surface area contributed by atoms with Crippen LogP contribution < -0.4 is 10.6 Å². The van der Waals surface area contributed by atoms with E-state index in [9.17, 15) is 9.59 Å². The first-order valence-electron chi connectivity index (χ1n) is 10.1. The number of carbonyl (C=O) groups is 2. The van der Waals surface area contributed by atoms with E-state index in [1.165, 1.54) is 10.5 Å². The molecule has 1 aliphatic rings. The van der Waals surface area contributed by atoms with Crippen molar-refractivity contribution in [2.75, 3.05) is 26.2 Å². The second-order valence-corrected chi connectivity index (χ2v) is 6.85. The monoisotopic (exact) mass is 396 g/mol. The second kappa shape index (κ2) is 10.4. The number of hydrogen-bond donors (Lipinski definition) is 2. The number of aromatic nitrogens is 2. The molecule has 0 bridgehead atoms. The number of aliphatic imine (C=N–C) groups is 1. The minimum atomic E-state index is -0.0800. The van der Waals surface area contributed by atoms with Crippen molar-refractivity contribution in [2.45, 2.75) is 32.6 Å². The minimum absolute atomic E-state index is 0.0800. The summed E-state index contributed by atoms with van der Waals surface area (Å²) in [7, 11) is 0. The standard InChI is InChI=1S/C21H28N6O2/c1-2-22-21(24-14-16-26-19(28)5-3-6-20(26)29)23-13-11-17-7-9-18(10-8-17)27-15-4-12-25-27/h4,7-10,12,15H,2-3,5-6,11,13-14,16H2,1H3,(H2,22,23,24). The topological polar surface area (TPSA) is 91.6 Å². The average molecular weight is 396 g/mol. The van der Waals surface area contributed by atoms with Gasteiger partial charge in [0.15, 0.2) is 5.96 Å². The third-order valence-corrected chi connectivity index (χ3v) is 4.73. The van der Waals surface area contributed by atoms with Crippen LogP contribution in [0.5, 0.6) is 0 Å². The summed E-state index contributed by atoms with van der Waals surface area (Å²) in [5.41, 5.74) is 2.23. The van der Waals surface area contributed by atoms with Gasteiger partial charge in [0.2, 0.25) is 11.8 Å². The smallest absolute Gasteiger partial charge is 0.229 e. The van der Waals surface area contributed by atoms with Gasteiger partial charge in [-0.1, -0.05) is 12.1 Å². The number of imide groups is 1. The summed E-state index contributed by atoms with van der Waals surface area (Å²) in [6.45, 7) is 4.24. The molecule has 1 aromatic heterocycles. The molecular weight excluding hydrogens is 368 g/mol. The molecule has 0 unspecified atom stereocenters. The second-order valence-electron chi connectivity index (χ2n) is 6.85. The lowest BCUT2D eigenvalue weighted by atomic mass is 10.1. The summed E-state index contributed by atoms with van der Waals surface area (Å²) >= 11 is 0. The zero-order valence-corrected chi connectivity index (χ0v) is 16.8. The van der Waals surface area contributed by atoms with Crippen molar-refractivity contribution in [3.63, 3.8) is 0 Å². The van der Waals surface area contributed by atoms with Crippen molar-refractivity contribution in [3.05, 3.63) is 48.3 Å². The molecule has 1 aromatic carbocycles. The van der Waals surface area contributed by atoms with Gasteiger partial charge in [0.05, 0.1) is 5.69 Å². The van der Waals surface area contributed by atoms with Gasteiger partial charge in [-0.15, -0.1) is 0 Å². The summed E-state index contributed by atoms with van der Waals surface area (Å²) in [4.78, 5) is 29.7. The quantitative estimate of drug-likeness (QED) is 0.401. The van der Waals surface area contributed by atoms with E-state index in [1.54, 1.807) is 6.20 Å². The normalized spacial score (nSPS) is 14.9. The van der Waals surface area contributed by atoms with Crippen molar-refractivity contribution < 1.29 is 9.59 Å². The molecule has 1 fully saturated rings. The fraction of sp³-hybridized carbons (Fsp3) is 0.429. The molecule has 8 heteroatoms. The molecule has 29 heavy (non-hydrogen) atoms. The van der Waals surface area contributed by atoms with E-state index in [2.05, 4.69) is 32.9 Å². The van der Waals surface area contributed by atoms with Gasteiger partial charge >= 0.3 is 0 Å². The van der Waals surface area contributed by atoms with Crippen molar-refractivity contribution in [1.29, 1.82) is 0 Å². The lowest BCUT2D eigenvalue weighted by Crippen LogP contribution is -2.46. The number of likely N-dealkylation sites (tertiary alicyclic amines) is 1. The molecule has 0 aliphatic carbocycles. The Balaban J connectivity index is 1.47. The van der Waals surface area contributed by atoms with Gasteiger partial charge in [-0.25, -0.2) is 4.68 Å². The Hall–Kier alpha value is -3.16. The molecule has 8 nitrogen and oxygen atoms in total. The summed E-state index contributed by atoms with van der Waals surface area (Å²) in [5, 5.41) is 10.6. The molecule has 2 amide bonds. The van der Waals surface area contributed by atoms with Crippen LogP contribution in [0.1, 0.15) is 31.7 Å². The molecule has 3 rings (SSSR count). The van der Waals surface area contributed by atoms with Crippen LogP contribution in [0, 0.1) is 0 Å². The average Bonchev–Trinajstić information content (AvgIpc) is 3.25. The Morgan fingerprint density at radius 2 is 1.90 bits per heavy atom. The molecule has 2 heterocycles. The lowest BCUT2D eigenvalue weighted by Gasteiger charge is -2.25. The first kappa shape index (κ1) is 20.6. The summed E-state index contributed by atoms with van der Waals surface area (Å²) in [5.74, 6) is 0.532. The Labute approximate surface area is 171 Å². The fourth-order valence-corrected chi connectivity index (χ4v) is 3.21. The molecule has 1 saturated heterocycles. The van der Waals surface area contributed by atoms with Gasteiger partial charge in [0, 0.05) is 51.4 Å². The Kier molecular flexibility index (Phi) is 7.38. The molecule has 154 valence electrons. The molecule has 0 atom stereocenters. The van der Waals surface area contributed by atoms with E-state index in [0.29, 0.717) is 44.9 Å². The van der Waals surface area contributed by atoms with Crippen molar-refractivity contribution in [2.24, 2.45) is 4.99 Å². The Bertz CT molecular complexity index is 813. The summed E-state index contributed by atoms with van der Waals surface area (Å²) < 4.78 is 1.83. The number of carbonyl (C=O) groups excluding carboxylic acids is 2. The SMILES string of the molecule is CCNC(=NCCc1ccc(-n2cccn2)cc1)NCCN1C(=O)CCCC1=O. The number of guanidine groups is 1. The van der Waals surface area contributed by atoms with Crippen LogP contribution in [0.3, 0.4) is 0 Å². The maximum Gasteiger partial charge on any atom is 0.229 e. The molecule has 0 spiro atoms. The van der Waals surface area contributed by atoms with Gasteiger partial charge in [0.25, 0.3) is 0 Å². The number of benzene rings is 1. The highest BCUT2D eigenvalue weighted by Crippen LogP contribution is 2.11. The van der Waals surface area contributed by atoms with Crippen LogP contribution in [0.25, 0.3) is 5.69 Å². The third-order valence-electron chi connectivity index (χ3n) is 4.73. The van der Waals surface area contributed by atoms with Crippen LogP contribution in [-0.2, 0) is 16.0 Å². The Morgan fingerprint density at radius 1 is 1.14 bits per heavy atom. The molecule has 2 aromatic rings. The summed E-state index contributed by atoms with van der Waals surface area (Å²) in [6.07, 6.45) is 6.07. The van der Waals surface area contributed by atoms with Gasteiger partial charge in [0.1, 0.15) is 0 Å². The predicted octanol–water partition coefficient (Wildman–Crippen LogP) is 1.51. The number of hydrogen-bond acceptors (Lipinski definition) is 4. The van der Waals surface area contributed by atoms with Crippen LogP contribution >= 0.6 is 0 Å². The molecule has 0 radical (unpaired) electrons. The van der Waals surface area contributed by atoms with E-state index >= 15 is 0 Å². The predicted molar refractivity (Wildman–Crippen MR) is 112 cm³/mol. The maximum absolute atomic E-state index is 11.9. The van der Waals surface area contributed by atoms with Gasteiger partial charge < -0.3 is 10.6 Å². The van der Waals surface area contributed by atoms with E-state index in [-0.39, 0.29) is 11.8 Å². The van der Waals surface area contributed by atoms with E-state index in [1.807, 2.05) is 36.0 Å². The van der Waals surface area contributed by atoms with Crippen LogP contribution in [0.4, 0.5) is 0 Å². The largest absolute Gasteiger partial charge is 0.357 e. The van der Waals surface area contributed by atoms with Crippen molar-refractivity contribution >= 4 is 17.8 Å². The van der Waals surface area contributed by atoms with Crippen LogP contribution in [0.2, 0.25) is 0 Å². The number of nitrogens with zero attached hydrogens (tertiary/aromatic N) is 4. The molecular formula is C21H28N6O2. The highest BCUT2D eigenvalue weighted by atomic mass is 16.2. The Morgan fingerprint density at radius 3 is 2.55 bits per heavy atom.